The molecular formula is C9H11FN2O. The first kappa shape index (κ1) is 8.56. The fraction of sp³-hybridized carbons (Fsp3) is 0.556. The summed E-state index contributed by atoms with van der Waals surface area (Å²) in [5, 5.41) is 0. The lowest BCUT2D eigenvalue weighted by Crippen LogP contribution is -2.16. The lowest BCUT2D eigenvalue weighted by molar-refractivity contribution is 0.0835. The maximum atomic E-state index is 12.5. The molecule has 0 saturated carbocycles. The van der Waals surface area contributed by atoms with E-state index in [-0.39, 0.29) is 5.82 Å². The van der Waals surface area contributed by atoms with Crippen LogP contribution in [0.4, 0.5) is 4.39 Å². The van der Waals surface area contributed by atoms with Crippen LogP contribution in [0.25, 0.3) is 0 Å². The highest BCUT2D eigenvalue weighted by Gasteiger charge is 2.17. The quantitative estimate of drug-likeness (QED) is 0.660. The molecule has 0 bridgehead atoms. The number of hydrogen-bond donors (Lipinski definition) is 0. The van der Waals surface area contributed by atoms with E-state index >= 15 is 0 Å². The van der Waals surface area contributed by atoms with Crippen molar-refractivity contribution in [2.24, 2.45) is 0 Å². The Kier molecular flexibility index (Phi) is 2.49. The second-order valence-electron chi connectivity index (χ2n) is 3.15. The van der Waals surface area contributed by atoms with Crippen LogP contribution in [-0.4, -0.2) is 23.2 Å². The van der Waals surface area contributed by atoms with Gasteiger partial charge in [-0.25, -0.2) is 14.4 Å². The topological polar surface area (TPSA) is 35.0 Å². The molecule has 2 rings (SSSR count). The van der Waals surface area contributed by atoms with Crippen LogP contribution in [0.1, 0.15) is 24.6 Å². The predicted molar refractivity (Wildman–Crippen MR) is 44.8 cm³/mol. The summed E-state index contributed by atoms with van der Waals surface area (Å²) in [5.74, 6) is 0.704. The fourth-order valence-electron chi connectivity index (χ4n) is 1.49. The van der Waals surface area contributed by atoms with E-state index in [1.54, 1.807) is 0 Å². The van der Waals surface area contributed by atoms with Crippen LogP contribution >= 0.6 is 0 Å². The minimum atomic E-state index is -0.379. The Morgan fingerprint density at radius 3 is 2.46 bits per heavy atom. The highest BCUT2D eigenvalue weighted by atomic mass is 19.1. The SMILES string of the molecule is Fc1cnc(C2CCOCC2)nc1. The molecule has 1 aromatic heterocycles. The second-order valence-corrected chi connectivity index (χ2v) is 3.15. The normalized spacial score (nSPS) is 18.8. The Hall–Kier alpha value is -1.03. The third kappa shape index (κ3) is 2.01. The van der Waals surface area contributed by atoms with Gasteiger partial charge in [0.15, 0.2) is 5.82 Å². The van der Waals surface area contributed by atoms with Gasteiger partial charge in [-0.15, -0.1) is 0 Å². The number of halogens is 1. The predicted octanol–water partition coefficient (Wildman–Crippen LogP) is 1.51. The van der Waals surface area contributed by atoms with Crippen molar-refractivity contribution >= 4 is 0 Å². The molecule has 0 aliphatic carbocycles. The number of ether oxygens (including phenoxy) is 1. The number of hydrogen-bond acceptors (Lipinski definition) is 3. The van der Waals surface area contributed by atoms with Gasteiger partial charge in [0.05, 0.1) is 12.4 Å². The van der Waals surface area contributed by atoms with E-state index < -0.39 is 0 Å². The summed E-state index contributed by atoms with van der Waals surface area (Å²) in [5.41, 5.74) is 0. The molecule has 1 aliphatic heterocycles. The molecule has 1 fully saturated rings. The summed E-state index contributed by atoms with van der Waals surface area (Å²) in [4.78, 5) is 7.92. The Labute approximate surface area is 76.0 Å². The van der Waals surface area contributed by atoms with Gasteiger partial charge in [-0.3, -0.25) is 0 Å². The molecule has 0 radical (unpaired) electrons. The van der Waals surface area contributed by atoms with E-state index in [1.165, 1.54) is 12.4 Å². The highest BCUT2D eigenvalue weighted by molar-refractivity contribution is 4.99. The van der Waals surface area contributed by atoms with Crippen LogP contribution in [0.5, 0.6) is 0 Å². The summed E-state index contributed by atoms with van der Waals surface area (Å²) in [6.07, 6.45) is 4.31. The zero-order chi connectivity index (χ0) is 9.10. The Bertz CT molecular complexity index is 269. The van der Waals surface area contributed by atoms with Gasteiger partial charge < -0.3 is 4.74 Å². The molecule has 0 atom stereocenters. The van der Waals surface area contributed by atoms with E-state index in [0.717, 1.165) is 31.9 Å². The Morgan fingerprint density at radius 2 is 1.85 bits per heavy atom. The van der Waals surface area contributed by atoms with Crippen LogP contribution in [-0.2, 0) is 4.74 Å². The average Bonchev–Trinajstić information content (AvgIpc) is 2.20. The van der Waals surface area contributed by atoms with Gasteiger partial charge in [-0.2, -0.15) is 0 Å². The zero-order valence-corrected chi connectivity index (χ0v) is 7.24. The minimum Gasteiger partial charge on any atom is -0.381 e. The molecule has 13 heavy (non-hydrogen) atoms. The summed E-state index contributed by atoms with van der Waals surface area (Å²) in [6.45, 7) is 1.51. The Morgan fingerprint density at radius 1 is 1.23 bits per heavy atom. The molecule has 0 aromatic carbocycles. The average molecular weight is 182 g/mol. The third-order valence-corrected chi connectivity index (χ3v) is 2.23. The smallest absolute Gasteiger partial charge is 0.159 e. The van der Waals surface area contributed by atoms with Crippen molar-refractivity contribution in [2.75, 3.05) is 13.2 Å². The highest BCUT2D eigenvalue weighted by Crippen LogP contribution is 2.23. The second kappa shape index (κ2) is 3.79. The van der Waals surface area contributed by atoms with Crippen LogP contribution in [0.2, 0.25) is 0 Å². The number of rotatable bonds is 1. The Balaban J connectivity index is 2.10. The summed E-state index contributed by atoms with van der Waals surface area (Å²) >= 11 is 0. The van der Waals surface area contributed by atoms with Gasteiger partial charge in [0.25, 0.3) is 0 Å². The van der Waals surface area contributed by atoms with Crippen LogP contribution < -0.4 is 0 Å². The zero-order valence-electron chi connectivity index (χ0n) is 7.24. The molecular weight excluding hydrogens is 171 g/mol. The maximum Gasteiger partial charge on any atom is 0.159 e. The molecule has 1 saturated heterocycles. The van der Waals surface area contributed by atoms with Gasteiger partial charge in [-0.1, -0.05) is 0 Å². The van der Waals surface area contributed by atoms with Gasteiger partial charge in [0, 0.05) is 19.1 Å². The monoisotopic (exact) mass is 182 g/mol. The molecule has 1 aliphatic rings. The fourth-order valence-corrected chi connectivity index (χ4v) is 1.49. The van der Waals surface area contributed by atoms with Crippen molar-refractivity contribution in [3.63, 3.8) is 0 Å². The number of aromatic nitrogens is 2. The first-order valence-corrected chi connectivity index (χ1v) is 4.41. The third-order valence-electron chi connectivity index (χ3n) is 2.23. The van der Waals surface area contributed by atoms with E-state index in [0.29, 0.717) is 5.92 Å². The van der Waals surface area contributed by atoms with Crippen molar-refractivity contribution in [1.82, 2.24) is 9.97 Å². The van der Waals surface area contributed by atoms with Crippen molar-refractivity contribution in [1.29, 1.82) is 0 Å². The lowest BCUT2D eigenvalue weighted by Gasteiger charge is -2.20. The summed E-state index contributed by atoms with van der Waals surface area (Å²) in [7, 11) is 0. The standard InChI is InChI=1S/C9H11FN2O/c10-8-5-11-9(12-6-8)7-1-3-13-4-2-7/h5-7H,1-4H2. The summed E-state index contributed by atoms with van der Waals surface area (Å²) < 4.78 is 17.7. The van der Waals surface area contributed by atoms with E-state index in [1.807, 2.05) is 0 Å². The molecule has 1 aromatic rings. The maximum absolute atomic E-state index is 12.5. The summed E-state index contributed by atoms with van der Waals surface area (Å²) in [6, 6.07) is 0. The van der Waals surface area contributed by atoms with Crippen molar-refractivity contribution in [3.05, 3.63) is 24.0 Å². The molecule has 0 amide bonds. The van der Waals surface area contributed by atoms with Crippen molar-refractivity contribution in [2.45, 2.75) is 18.8 Å². The minimum absolute atomic E-state index is 0.342. The van der Waals surface area contributed by atoms with Gasteiger partial charge in [-0.05, 0) is 12.8 Å². The first-order valence-electron chi connectivity index (χ1n) is 4.41. The van der Waals surface area contributed by atoms with Gasteiger partial charge in [0.1, 0.15) is 5.82 Å². The van der Waals surface area contributed by atoms with Crippen LogP contribution in [0.3, 0.4) is 0 Å². The first-order chi connectivity index (χ1) is 6.36. The number of nitrogens with zero attached hydrogens (tertiary/aromatic N) is 2. The van der Waals surface area contributed by atoms with Crippen molar-refractivity contribution < 1.29 is 9.13 Å². The molecule has 4 heteroatoms. The molecule has 2 heterocycles. The van der Waals surface area contributed by atoms with E-state index in [4.69, 9.17) is 4.74 Å². The van der Waals surface area contributed by atoms with Gasteiger partial charge in [0.2, 0.25) is 0 Å². The molecule has 0 N–H and O–H groups in total. The lowest BCUT2D eigenvalue weighted by atomic mass is 10.00. The molecule has 70 valence electrons. The van der Waals surface area contributed by atoms with Crippen LogP contribution in [0.15, 0.2) is 12.4 Å². The van der Waals surface area contributed by atoms with Crippen molar-refractivity contribution in [3.8, 4) is 0 Å². The largest absolute Gasteiger partial charge is 0.381 e. The molecule has 3 nitrogen and oxygen atoms in total. The van der Waals surface area contributed by atoms with Crippen LogP contribution in [0, 0.1) is 5.82 Å². The van der Waals surface area contributed by atoms with E-state index in [9.17, 15) is 4.39 Å². The molecule has 0 spiro atoms. The van der Waals surface area contributed by atoms with Gasteiger partial charge >= 0.3 is 0 Å². The molecule has 0 unspecified atom stereocenters. The van der Waals surface area contributed by atoms with E-state index in [2.05, 4.69) is 9.97 Å².